The molecule has 1 aromatic heterocycles. The van der Waals surface area contributed by atoms with Crippen molar-refractivity contribution >= 4 is 21.6 Å². The van der Waals surface area contributed by atoms with E-state index >= 15 is 0 Å². The molecule has 8 heteroatoms. The van der Waals surface area contributed by atoms with Crippen LogP contribution in [-0.4, -0.2) is 38.1 Å². The van der Waals surface area contributed by atoms with Gasteiger partial charge in [-0.05, 0) is 24.4 Å². The first-order chi connectivity index (χ1) is 9.06. The monoisotopic (exact) mass is 307 g/mol. The van der Waals surface area contributed by atoms with Crippen molar-refractivity contribution < 1.29 is 13.2 Å². The summed E-state index contributed by atoms with van der Waals surface area (Å²) >= 11 is 5.49. The summed E-state index contributed by atoms with van der Waals surface area (Å²) in [6.07, 6.45) is 5.08. The van der Waals surface area contributed by atoms with E-state index in [1.165, 1.54) is 12.4 Å². The number of unbranched alkanes of at least 4 members (excludes halogenated alkanes) is 1. The van der Waals surface area contributed by atoms with Crippen LogP contribution >= 0.6 is 11.6 Å². The highest BCUT2D eigenvalue weighted by Gasteiger charge is 2.14. The molecular weight excluding hydrogens is 290 g/mol. The van der Waals surface area contributed by atoms with Crippen LogP contribution in [0.2, 0.25) is 5.28 Å². The molecule has 19 heavy (non-hydrogen) atoms. The van der Waals surface area contributed by atoms with Gasteiger partial charge in [0, 0.05) is 19.8 Å². The van der Waals surface area contributed by atoms with Crippen molar-refractivity contribution in [2.75, 3.05) is 19.8 Å². The van der Waals surface area contributed by atoms with Gasteiger partial charge in [-0.25, -0.2) is 23.1 Å². The Hall–Kier alpha value is -0.760. The molecule has 0 aliphatic carbocycles. The van der Waals surface area contributed by atoms with E-state index in [1.54, 1.807) is 0 Å². The number of aromatic nitrogens is 2. The van der Waals surface area contributed by atoms with Gasteiger partial charge < -0.3 is 4.74 Å². The molecule has 1 aromatic rings. The van der Waals surface area contributed by atoms with Crippen LogP contribution < -0.4 is 4.72 Å². The minimum absolute atomic E-state index is 0.00352. The molecule has 0 aliphatic heterocycles. The number of hydrogen-bond donors (Lipinski definition) is 1. The highest BCUT2D eigenvalue weighted by molar-refractivity contribution is 7.89. The summed E-state index contributed by atoms with van der Waals surface area (Å²) < 4.78 is 31.4. The lowest BCUT2D eigenvalue weighted by molar-refractivity contribution is 0.130. The predicted molar refractivity (Wildman–Crippen MR) is 72.6 cm³/mol. The molecule has 1 N–H and O–H groups in total. The van der Waals surface area contributed by atoms with Gasteiger partial charge in [-0.2, -0.15) is 0 Å². The smallest absolute Gasteiger partial charge is 0.243 e. The quantitative estimate of drug-likeness (QED) is 0.554. The fourth-order valence-electron chi connectivity index (χ4n) is 1.25. The van der Waals surface area contributed by atoms with E-state index in [4.69, 9.17) is 16.3 Å². The molecule has 0 fully saturated rings. The number of ether oxygens (including phenoxy) is 1. The average molecular weight is 308 g/mol. The number of nitrogens with zero attached hydrogens (tertiary/aromatic N) is 2. The first kappa shape index (κ1) is 16.3. The molecule has 0 amide bonds. The van der Waals surface area contributed by atoms with Crippen molar-refractivity contribution in [1.82, 2.24) is 14.7 Å². The Labute approximate surface area is 118 Å². The van der Waals surface area contributed by atoms with Gasteiger partial charge in [0.25, 0.3) is 0 Å². The van der Waals surface area contributed by atoms with Crippen LogP contribution in [-0.2, 0) is 14.8 Å². The second kappa shape index (κ2) is 8.42. The summed E-state index contributed by atoms with van der Waals surface area (Å²) in [6.45, 7) is 3.66. The molecule has 0 atom stereocenters. The van der Waals surface area contributed by atoms with Gasteiger partial charge in [-0.3, -0.25) is 0 Å². The summed E-state index contributed by atoms with van der Waals surface area (Å²) in [7, 11) is -3.56. The van der Waals surface area contributed by atoms with Gasteiger partial charge in [0.2, 0.25) is 15.3 Å². The van der Waals surface area contributed by atoms with Gasteiger partial charge in [-0.15, -0.1) is 0 Å². The summed E-state index contributed by atoms with van der Waals surface area (Å²) in [5, 5.41) is 0.0169. The maximum absolute atomic E-state index is 11.8. The summed E-state index contributed by atoms with van der Waals surface area (Å²) in [4.78, 5) is 7.27. The molecule has 0 saturated heterocycles. The summed E-state index contributed by atoms with van der Waals surface area (Å²) in [6, 6.07) is 0. The van der Waals surface area contributed by atoms with Crippen LogP contribution in [0.15, 0.2) is 17.3 Å². The Morgan fingerprint density at radius 1 is 1.26 bits per heavy atom. The fourth-order valence-corrected chi connectivity index (χ4v) is 2.31. The normalized spacial score (nSPS) is 11.7. The Bertz CT molecular complexity index is 465. The van der Waals surface area contributed by atoms with Gasteiger partial charge in [0.15, 0.2) is 0 Å². The van der Waals surface area contributed by atoms with Crippen molar-refractivity contribution in [3.8, 4) is 0 Å². The molecule has 0 unspecified atom stereocenters. The van der Waals surface area contributed by atoms with Crippen LogP contribution in [0.5, 0.6) is 0 Å². The zero-order valence-electron chi connectivity index (χ0n) is 10.8. The van der Waals surface area contributed by atoms with E-state index in [0.29, 0.717) is 26.2 Å². The van der Waals surface area contributed by atoms with E-state index in [-0.39, 0.29) is 10.2 Å². The van der Waals surface area contributed by atoms with Crippen molar-refractivity contribution in [3.63, 3.8) is 0 Å². The van der Waals surface area contributed by atoms with E-state index in [0.717, 1.165) is 12.8 Å². The van der Waals surface area contributed by atoms with Crippen LogP contribution in [0.25, 0.3) is 0 Å². The predicted octanol–water partition coefficient (Wildman–Crippen LogP) is 1.62. The second-order valence-electron chi connectivity index (χ2n) is 3.91. The molecule has 1 rings (SSSR count). The fraction of sp³-hybridized carbons (Fsp3) is 0.636. The molecule has 0 saturated carbocycles. The van der Waals surface area contributed by atoms with Gasteiger partial charge in [0.1, 0.15) is 4.90 Å². The van der Waals surface area contributed by atoms with Crippen molar-refractivity contribution in [3.05, 3.63) is 17.7 Å². The van der Waals surface area contributed by atoms with Crippen LogP contribution in [0.1, 0.15) is 26.2 Å². The average Bonchev–Trinajstić information content (AvgIpc) is 2.38. The Morgan fingerprint density at radius 3 is 2.53 bits per heavy atom. The lowest BCUT2D eigenvalue weighted by Crippen LogP contribution is -2.25. The Morgan fingerprint density at radius 2 is 1.89 bits per heavy atom. The number of nitrogens with one attached hydrogen (secondary N) is 1. The van der Waals surface area contributed by atoms with E-state index in [2.05, 4.69) is 21.6 Å². The molecule has 6 nitrogen and oxygen atoms in total. The molecule has 1 heterocycles. The third-order valence-corrected chi connectivity index (χ3v) is 3.92. The van der Waals surface area contributed by atoms with Crippen LogP contribution in [0.3, 0.4) is 0 Å². The van der Waals surface area contributed by atoms with Gasteiger partial charge in [0.05, 0.1) is 12.4 Å². The number of sulfonamides is 1. The Balaban J connectivity index is 2.29. The first-order valence-corrected chi connectivity index (χ1v) is 7.97. The molecule has 108 valence electrons. The van der Waals surface area contributed by atoms with Crippen LogP contribution in [0.4, 0.5) is 0 Å². The van der Waals surface area contributed by atoms with Gasteiger partial charge >= 0.3 is 0 Å². The highest BCUT2D eigenvalue weighted by atomic mass is 35.5. The molecule has 0 bridgehead atoms. The maximum Gasteiger partial charge on any atom is 0.243 e. The molecule has 0 spiro atoms. The minimum Gasteiger partial charge on any atom is -0.381 e. The van der Waals surface area contributed by atoms with Crippen LogP contribution in [0, 0.1) is 0 Å². The summed E-state index contributed by atoms with van der Waals surface area (Å²) in [5.74, 6) is 0. The van der Waals surface area contributed by atoms with Gasteiger partial charge in [-0.1, -0.05) is 13.3 Å². The number of halogens is 1. The highest BCUT2D eigenvalue weighted by Crippen LogP contribution is 2.07. The zero-order valence-corrected chi connectivity index (χ0v) is 12.4. The second-order valence-corrected chi connectivity index (χ2v) is 6.01. The van der Waals surface area contributed by atoms with Crippen molar-refractivity contribution in [2.24, 2.45) is 0 Å². The molecular formula is C11H18ClN3O3S. The third-order valence-electron chi connectivity index (χ3n) is 2.31. The molecule has 0 aromatic carbocycles. The number of rotatable bonds is 9. The lowest BCUT2D eigenvalue weighted by atomic mass is 10.4. The maximum atomic E-state index is 11.8. The Kier molecular flexibility index (Phi) is 7.22. The van der Waals surface area contributed by atoms with E-state index in [9.17, 15) is 8.42 Å². The minimum atomic E-state index is -3.56. The molecule has 0 radical (unpaired) electrons. The first-order valence-electron chi connectivity index (χ1n) is 6.11. The third kappa shape index (κ3) is 6.29. The number of hydrogen-bond acceptors (Lipinski definition) is 5. The van der Waals surface area contributed by atoms with E-state index in [1.807, 2.05) is 0 Å². The summed E-state index contributed by atoms with van der Waals surface area (Å²) in [5.41, 5.74) is 0. The van der Waals surface area contributed by atoms with Crippen molar-refractivity contribution in [1.29, 1.82) is 0 Å². The van der Waals surface area contributed by atoms with Crippen molar-refractivity contribution in [2.45, 2.75) is 31.1 Å². The standard InChI is InChI=1S/C11H18ClN3O3S/c1-2-3-6-18-7-4-5-15-19(16,17)10-8-13-11(12)14-9-10/h8-9,15H,2-7H2,1H3. The van der Waals surface area contributed by atoms with E-state index < -0.39 is 10.0 Å². The zero-order chi connectivity index (χ0) is 14.1. The molecule has 0 aliphatic rings. The SMILES string of the molecule is CCCCOCCCNS(=O)(=O)c1cnc(Cl)nc1. The lowest BCUT2D eigenvalue weighted by Gasteiger charge is -2.06. The topological polar surface area (TPSA) is 81.2 Å². The largest absolute Gasteiger partial charge is 0.381 e.